The van der Waals surface area contributed by atoms with Crippen LogP contribution in [-0.4, -0.2) is 31.8 Å². The van der Waals surface area contributed by atoms with Gasteiger partial charge in [0.15, 0.2) is 0 Å². The Bertz CT molecular complexity index is 953. The van der Waals surface area contributed by atoms with Gasteiger partial charge in [-0.05, 0) is 38.5 Å². The molecule has 0 atom stereocenters. The molecule has 4 rings (SSSR count). The van der Waals surface area contributed by atoms with Gasteiger partial charge >= 0.3 is 21.1 Å². The smallest absolute Gasteiger partial charge is 0.510 e. The van der Waals surface area contributed by atoms with Crippen molar-refractivity contribution in [3.63, 3.8) is 0 Å². The zero-order valence-corrected chi connectivity index (χ0v) is 16.5. The van der Waals surface area contributed by atoms with Gasteiger partial charge < -0.3 is 14.9 Å². The fraction of sp³-hybridized carbons (Fsp3) is 0.105. The third-order valence-corrected chi connectivity index (χ3v) is 3.95. The largest absolute Gasteiger partial charge is 2.00 e. The Morgan fingerprint density at radius 2 is 1.88 bits per heavy atom. The second-order valence-corrected chi connectivity index (χ2v) is 5.82. The maximum Gasteiger partial charge on any atom is 2.00 e. The molecule has 134 valence electrons. The van der Waals surface area contributed by atoms with E-state index in [-0.39, 0.29) is 26.8 Å². The van der Waals surface area contributed by atoms with Crippen LogP contribution in [0.3, 0.4) is 0 Å². The molecule has 0 unspecified atom stereocenters. The number of nitrogens with zero attached hydrogens (tertiary/aromatic N) is 5. The maximum atomic E-state index is 10.1. The zero-order valence-electron chi connectivity index (χ0n) is 14.3. The average Bonchev–Trinajstić information content (AvgIpc) is 3.22. The number of hydrogen-bond donors (Lipinski definition) is 1. The quantitative estimate of drug-likeness (QED) is 0.532. The first kappa shape index (κ1) is 18.2. The molecule has 3 aromatic rings. The molecule has 0 bridgehead atoms. The molecule has 6 nitrogen and oxygen atoms in total. The molecular weight excluding hydrogens is 509 g/mol. The van der Waals surface area contributed by atoms with E-state index in [1.807, 2.05) is 67.1 Å². The van der Waals surface area contributed by atoms with Gasteiger partial charge in [0.2, 0.25) is 0 Å². The normalized spacial score (nSPS) is 13.2. The molecular formula is C19H17N5OPt. The summed E-state index contributed by atoms with van der Waals surface area (Å²) in [5.41, 5.74) is 2.31. The van der Waals surface area contributed by atoms with Crippen molar-refractivity contribution in [2.75, 3.05) is 11.9 Å². The fourth-order valence-electron chi connectivity index (χ4n) is 2.71. The van der Waals surface area contributed by atoms with E-state index in [4.69, 9.17) is 0 Å². The summed E-state index contributed by atoms with van der Waals surface area (Å²) in [4.78, 5) is 8.48. The molecule has 0 radical (unpaired) electrons. The van der Waals surface area contributed by atoms with Crippen molar-refractivity contribution >= 4 is 5.69 Å². The van der Waals surface area contributed by atoms with Gasteiger partial charge in [0.1, 0.15) is 17.3 Å². The minimum Gasteiger partial charge on any atom is -0.510 e. The van der Waals surface area contributed by atoms with E-state index in [1.54, 1.807) is 22.9 Å². The van der Waals surface area contributed by atoms with Gasteiger partial charge in [0, 0.05) is 0 Å². The van der Waals surface area contributed by atoms with Crippen molar-refractivity contribution in [1.82, 2.24) is 19.7 Å². The predicted molar refractivity (Wildman–Crippen MR) is 95.7 cm³/mol. The van der Waals surface area contributed by atoms with Crippen LogP contribution in [0.4, 0.5) is 5.69 Å². The summed E-state index contributed by atoms with van der Waals surface area (Å²) < 4.78 is 1.64. The van der Waals surface area contributed by atoms with Crippen LogP contribution in [0.5, 0.6) is 5.75 Å². The Morgan fingerprint density at radius 1 is 1.08 bits per heavy atom. The molecule has 0 amide bonds. The number of aromatic nitrogens is 3. The molecule has 2 aromatic carbocycles. The Morgan fingerprint density at radius 3 is 2.62 bits per heavy atom. The Labute approximate surface area is 166 Å². The molecule has 7 heteroatoms. The average molecular weight is 526 g/mol. The minimum atomic E-state index is 0. The number of phenolic OH excluding ortho intramolecular Hbond substituents is 1. The Hall–Kier alpha value is -2.59. The van der Waals surface area contributed by atoms with Crippen LogP contribution in [0.25, 0.3) is 17.1 Å². The van der Waals surface area contributed by atoms with Gasteiger partial charge in [-0.2, -0.15) is 11.8 Å². The number of anilines is 1. The number of phenols is 1. The van der Waals surface area contributed by atoms with Crippen molar-refractivity contribution in [3.05, 3.63) is 73.4 Å². The maximum absolute atomic E-state index is 10.1. The van der Waals surface area contributed by atoms with Crippen molar-refractivity contribution in [3.8, 4) is 22.8 Å². The van der Waals surface area contributed by atoms with Crippen molar-refractivity contribution < 1.29 is 26.2 Å². The summed E-state index contributed by atoms with van der Waals surface area (Å²) in [5.74, 6) is 1.43. The molecule has 1 N–H and O–H groups in total. The minimum absolute atomic E-state index is 0. The third-order valence-electron chi connectivity index (χ3n) is 3.95. The van der Waals surface area contributed by atoms with Crippen LogP contribution >= 0.6 is 0 Å². The summed E-state index contributed by atoms with van der Waals surface area (Å²) in [7, 11) is 1.97. The SMILES string of the molecule is Cc1nc(-c2[c-]c(N3C=CN(C)[CH-]3)ccc2)nn1-c1ccccc1O.[Pt+2]. The predicted octanol–water partition coefficient (Wildman–Crippen LogP) is 3.09. The number of rotatable bonds is 3. The molecule has 0 fully saturated rings. The first-order chi connectivity index (χ1) is 12.1. The number of hydrogen-bond acceptors (Lipinski definition) is 5. The molecule has 1 aliphatic rings. The summed E-state index contributed by atoms with van der Waals surface area (Å²) >= 11 is 0. The monoisotopic (exact) mass is 526 g/mol. The number of aryl methyl sites for hydroxylation is 1. The van der Waals surface area contributed by atoms with Crippen LogP contribution in [0, 0.1) is 19.7 Å². The van der Waals surface area contributed by atoms with Gasteiger partial charge in [-0.25, -0.2) is 4.68 Å². The summed E-state index contributed by atoms with van der Waals surface area (Å²) in [5, 5.41) is 14.6. The van der Waals surface area contributed by atoms with Crippen molar-refractivity contribution in [2.45, 2.75) is 6.92 Å². The number of para-hydroxylation sites is 2. The van der Waals surface area contributed by atoms with Crippen LogP contribution in [0.1, 0.15) is 5.82 Å². The first-order valence-electron chi connectivity index (χ1n) is 7.90. The molecule has 0 spiro atoms. The molecule has 1 aliphatic heterocycles. The molecule has 0 saturated carbocycles. The molecule has 2 heterocycles. The summed E-state index contributed by atoms with van der Waals surface area (Å²) in [6, 6.07) is 16.3. The molecule has 0 aliphatic carbocycles. The van der Waals surface area contributed by atoms with Gasteiger partial charge in [-0.3, -0.25) is 4.98 Å². The van der Waals surface area contributed by atoms with Crippen LogP contribution in [0.15, 0.2) is 54.9 Å². The van der Waals surface area contributed by atoms with E-state index in [1.165, 1.54) is 0 Å². The summed E-state index contributed by atoms with van der Waals surface area (Å²) in [6.07, 6.45) is 3.94. The summed E-state index contributed by atoms with van der Waals surface area (Å²) in [6.45, 7) is 3.83. The number of benzene rings is 2. The van der Waals surface area contributed by atoms with Crippen molar-refractivity contribution in [1.29, 1.82) is 0 Å². The molecule has 0 saturated heterocycles. The number of aromatic hydroxyl groups is 1. The molecule has 1 aromatic heterocycles. The van der Waals surface area contributed by atoms with E-state index in [0.717, 1.165) is 11.3 Å². The van der Waals surface area contributed by atoms with Gasteiger partial charge in [0.25, 0.3) is 0 Å². The Balaban J connectivity index is 0.00000196. The first-order valence-corrected chi connectivity index (χ1v) is 7.90. The van der Waals surface area contributed by atoms with Crippen LogP contribution in [0.2, 0.25) is 0 Å². The van der Waals surface area contributed by atoms with E-state index in [9.17, 15) is 5.11 Å². The third kappa shape index (κ3) is 3.37. The van der Waals surface area contributed by atoms with Gasteiger partial charge in [-0.1, -0.05) is 17.8 Å². The van der Waals surface area contributed by atoms with E-state index in [2.05, 4.69) is 16.1 Å². The zero-order chi connectivity index (χ0) is 17.4. The van der Waals surface area contributed by atoms with Gasteiger partial charge in [-0.15, -0.1) is 29.8 Å². The second kappa shape index (κ2) is 7.34. The van der Waals surface area contributed by atoms with Crippen LogP contribution in [-0.2, 0) is 21.1 Å². The topological polar surface area (TPSA) is 57.4 Å². The standard InChI is InChI=1S/C19H17N5O.Pt/c1-14-20-19(21-24(14)17-8-3-4-9-18(17)25)15-6-5-7-16(12-15)23-11-10-22(2)13-23;/h3-11,13,25H,1-2H3;/q-2;+2. The van der Waals surface area contributed by atoms with Crippen LogP contribution < -0.4 is 4.90 Å². The van der Waals surface area contributed by atoms with Crippen molar-refractivity contribution in [2.24, 2.45) is 0 Å². The van der Waals surface area contributed by atoms with E-state index in [0.29, 0.717) is 17.3 Å². The fourth-order valence-corrected chi connectivity index (χ4v) is 2.71. The second-order valence-electron chi connectivity index (χ2n) is 5.82. The Kier molecular flexibility index (Phi) is 5.14. The molecule has 26 heavy (non-hydrogen) atoms. The van der Waals surface area contributed by atoms with E-state index >= 15 is 0 Å². The van der Waals surface area contributed by atoms with E-state index < -0.39 is 0 Å². The van der Waals surface area contributed by atoms with Gasteiger partial charge in [0.05, 0.1) is 5.82 Å².